The van der Waals surface area contributed by atoms with Crippen molar-refractivity contribution in [1.82, 2.24) is 0 Å². The molecule has 0 aliphatic carbocycles. The summed E-state index contributed by atoms with van der Waals surface area (Å²) < 4.78 is 5.43. The van der Waals surface area contributed by atoms with Crippen molar-refractivity contribution in [1.29, 1.82) is 0 Å². The first kappa shape index (κ1) is 10.2. The van der Waals surface area contributed by atoms with Crippen molar-refractivity contribution in [2.45, 2.75) is 19.4 Å². The lowest BCUT2D eigenvalue weighted by atomic mass is 9.92. The molecule has 0 unspecified atom stereocenters. The number of Topliss-reactive ketones (excluding diaryl/α,β-unsaturated/α-hetero) is 2. The molecule has 1 aromatic carbocycles. The zero-order chi connectivity index (χ0) is 11.2. The normalized spacial score (nSPS) is 18.3. The molecule has 0 atom stereocenters. The summed E-state index contributed by atoms with van der Waals surface area (Å²) in [7, 11) is 0. The summed E-state index contributed by atoms with van der Waals surface area (Å²) in [6.07, 6.45) is 0. The fourth-order valence-corrected chi connectivity index (χ4v) is 1.65. The molecule has 0 aromatic heterocycles. The summed E-state index contributed by atoms with van der Waals surface area (Å²) in [5, 5.41) is 0.478. The van der Waals surface area contributed by atoms with Crippen LogP contribution in [0, 0.1) is 0 Å². The van der Waals surface area contributed by atoms with Gasteiger partial charge >= 0.3 is 0 Å². The molecule has 1 aliphatic heterocycles. The van der Waals surface area contributed by atoms with E-state index in [1.54, 1.807) is 26.0 Å². The van der Waals surface area contributed by atoms with Crippen molar-refractivity contribution in [3.8, 4) is 5.75 Å². The molecule has 0 fully saturated rings. The summed E-state index contributed by atoms with van der Waals surface area (Å²) >= 11 is 5.78. The van der Waals surface area contributed by atoms with Crippen LogP contribution in [-0.4, -0.2) is 17.2 Å². The first-order chi connectivity index (χ1) is 6.92. The number of hydrogen-bond acceptors (Lipinski definition) is 3. The third-order valence-electron chi connectivity index (χ3n) is 2.31. The van der Waals surface area contributed by atoms with E-state index in [0.29, 0.717) is 10.8 Å². The number of ether oxygens (including phenoxy) is 1. The third-order valence-corrected chi connectivity index (χ3v) is 2.54. The Kier molecular flexibility index (Phi) is 2.08. The molecule has 0 spiro atoms. The van der Waals surface area contributed by atoms with Gasteiger partial charge in [-0.1, -0.05) is 11.6 Å². The van der Waals surface area contributed by atoms with Crippen LogP contribution in [0.4, 0.5) is 0 Å². The molecule has 1 heterocycles. The maximum Gasteiger partial charge on any atom is 0.246 e. The zero-order valence-electron chi connectivity index (χ0n) is 8.33. The minimum Gasteiger partial charge on any atom is -0.479 e. The second-order valence-electron chi connectivity index (χ2n) is 3.91. The van der Waals surface area contributed by atoms with Crippen LogP contribution in [0.25, 0.3) is 0 Å². The van der Waals surface area contributed by atoms with E-state index in [4.69, 9.17) is 16.3 Å². The molecule has 0 N–H and O–H groups in total. The molecule has 78 valence electrons. The van der Waals surface area contributed by atoms with Gasteiger partial charge < -0.3 is 4.74 Å². The van der Waals surface area contributed by atoms with Crippen molar-refractivity contribution in [2.24, 2.45) is 0 Å². The summed E-state index contributed by atoms with van der Waals surface area (Å²) in [5.74, 6) is -0.674. The van der Waals surface area contributed by atoms with Crippen molar-refractivity contribution >= 4 is 23.2 Å². The third kappa shape index (κ3) is 1.53. The Morgan fingerprint density at radius 2 is 1.93 bits per heavy atom. The lowest BCUT2D eigenvalue weighted by Crippen LogP contribution is -2.46. The second kappa shape index (κ2) is 3.07. The van der Waals surface area contributed by atoms with Gasteiger partial charge in [-0.15, -0.1) is 0 Å². The Bertz CT molecular complexity index is 463. The van der Waals surface area contributed by atoms with Gasteiger partial charge in [0.15, 0.2) is 5.60 Å². The Balaban J connectivity index is 2.60. The number of benzene rings is 1. The average Bonchev–Trinajstić information content (AvgIpc) is 2.13. The van der Waals surface area contributed by atoms with Crippen LogP contribution in [0.15, 0.2) is 18.2 Å². The fraction of sp³-hybridized carbons (Fsp3) is 0.273. The van der Waals surface area contributed by atoms with E-state index in [9.17, 15) is 9.59 Å². The topological polar surface area (TPSA) is 43.4 Å². The lowest BCUT2D eigenvalue weighted by molar-refractivity contribution is -0.128. The van der Waals surface area contributed by atoms with E-state index in [0.717, 1.165) is 0 Å². The van der Waals surface area contributed by atoms with Gasteiger partial charge in [-0.25, -0.2) is 0 Å². The van der Waals surface area contributed by atoms with Gasteiger partial charge in [0.25, 0.3) is 0 Å². The zero-order valence-corrected chi connectivity index (χ0v) is 9.09. The Morgan fingerprint density at radius 3 is 2.60 bits per heavy atom. The molecule has 0 saturated carbocycles. The monoisotopic (exact) mass is 224 g/mol. The van der Waals surface area contributed by atoms with Crippen LogP contribution >= 0.6 is 11.6 Å². The molecule has 1 aliphatic rings. The van der Waals surface area contributed by atoms with Crippen molar-refractivity contribution < 1.29 is 14.3 Å². The molecule has 0 radical (unpaired) electrons. The van der Waals surface area contributed by atoms with Crippen molar-refractivity contribution in [3.05, 3.63) is 28.8 Å². The minimum atomic E-state index is -1.10. The van der Waals surface area contributed by atoms with E-state index in [2.05, 4.69) is 0 Å². The number of halogens is 1. The molecule has 0 amide bonds. The van der Waals surface area contributed by atoms with Gasteiger partial charge in [0, 0.05) is 5.02 Å². The largest absolute Gasteiger partial charge is 0.479 e. The SMILES string of the molecule is CC1(C)Oc2cc(Cl)ccc2C(=O)C1=O. The molecule has 15 heavy (non-hydrogen) atoms. The number of rotatable bonds is 0. The standard InChI is InChI=1S/C11H9ClO3/c1-11(2)10(14)9(13)7-4-3-6(12)5-8(7)15-11/h3-5H,1-2H3. The van der Waals surface area contributed by atoms with Crippen LogP contribution in [0.5, 0.6) is 5.75 Å². The smallest absolute Gasteiger partial charge is 0.246 e. The maximum absolute atomic E-state index is 11.7. The average molecular weight is 225 g/mol. The Morgan fingerprint density at radius 1 is 1.27 bits per heavy atom. The number of hydrogen-bond donors (Lipinski definition) is 0. The van der Waals surface area contributed by atoms with Crippen LogP contribution in [0.1, 0.15) is 24.2 Å². The van der Waals surface area contributed by atoms with E-state index in [-0.39, 0.29) is 5.56 Å². The highest BCUT2D eigenvalue weighted by atomic mass is 35.5. The molecule has 0 bridgehead atoms. The highest BCUT2D eigenvalue weighted by molar-refractivity contribution is 6.47. The fourth-order valence-electron chi connectivity index (χ4n) is 1.49. The first-order valence-corrected chi connectivity index (χ1v) is 4.87. The Hall–Kier alpha value is -1.35. The van der Waals surface area contributed by atoms with Crippen LogP contribution in [-0.2, 0) is 4.79 Å². The first-order valence-electron chi connectivity index (χ1n) is 4.49. The summed E-state index contributed by atoms with van der Waals surface area (Å²) in [4.78, 5) is 23.3. The van der Waals surface area contributed by atoms with Crippen molar-refractivity contribution in [3.63, 3.8) is 0 Å². The van der Waals surface area contributed by atoms with Crippen LogP contribution < -0.4 is 4.74 Å². The van der Waals surface area contributed by atoms with Gasteiger partial charge in [0.05, 0.1) is 5.56 Å². The van der Waals surface area contributed by atoms with Crippen LogP contribution in [0.3, 0.4) is 0 Å². The van der Waals surface area contributed by atoms with E-state index >= 15 is 0 Å². The van der Waals surface area contributed by atoms with E-state index in [1.807, 2.05) is 0 Å². The lowest BCUT2D eigenvalue weighted by Gasteiger charge is -2.29. The summed E-state index contributed by atoms with van der Waals surface area (Å²) in [6, 6.07) is 4.61. The predicted molar refractivity (Wildman–Crippen MR) is 55.5 cm³/mol. The van der Waals surface area contributed by atoms with Crippen molar-refractivity contribution in [2.75, 3.05) is 0 Å². The second-order valence-corrected chi connectivity index (χ2v) is 4.35. The molecule has 2 rings (SSSR count). The molecular weight excluding hydrogens is 216 g/mol. The number of carbonyl (C=O) groups is 2. The molecule has 1 aromatic rings. The highest BCUT2D eigenvalue weighted by Gasteiger charge is 2.41. The van der Waals surface area contributed by atoms with Gasteiger partial charge in [-0.3, -0.25) is 9.59 Å². The van der Waals surface area contributed by atoms with Gasteiger partial charge in [-0.2, -0.15) is 0 Å². The summed E-state index contributed by atoms with van der Waals surface area (Å²) in [5.41, 5.74) is -0.821. The molecule has 4 heteroatoms. The molecule has 0 saturated heterocycles. The number of carbonyl (C=O) groups excluding carboxylic acids is 2. The van der Waals surface area contributed by atoms with E-state index < -0.39 is 17.2 Å². The number of ketones is 2. The number of fused-ring (bicyclic) bond motifs is 1. The van der Waals surface area contributed by atoms with Crippen LogP contribution in [0.2, 0.25) is 5.02 Å². The summed E-state index contributed by atoms with van der Waals surface area (Å²) in [6.45, 7) is 3.13. The minimum absolute atomic E-state index is 0.281. The quantitative estimate of drug-likeness (QED) is 0.635. The predicted octanol–water partition coefficient (Wildman–Crippen LogP) is 2.26. The van der Waals surface area contributed by atoms with Gasteiger partial charge in [0.2, 0.25) is 11.6 Å². The van der Waals surface area contributed by atoms with Gasteiger partial charge in [-0.05, 0) is 32.0 Å². The molecule has 3 nitrogen and oxygen atoms in total. The van der Waals surface area contributed by atoms with Gasteiger partial charge in [0.1, 0.15) is 5.75 Å². The van der Waals surface area contributed by atoms with E-state index in [1.165, 1.54) is 6.07 Å². The Labute approximate surface area is 92.0 Å². The molecular formula is C11H9ClO3. The maximum atomic E-state index is 11.7. The highest BCUT2D eigenvalue weighted by Crippen LogP contribution is 2.32.